The van der Waals surface area contributed by atoms with E-state index in [0.29, 0.717) is 19.0 Å². The molecule has 3 rings (SSSR count). The van der Waals surface area contributed by atoms with E-state index in [2.05, 4.69) is 56.9 Å². The molecular weight excluding hydrogens is 315 g/mol. The molecular formula is C20H23FN4. The van der Waals surface area contributed by atoms with Crippen LogP contribution in [0.2, 0.25) is 0 Å². The van der Waals surface area contributed by atoms with Crippen molar-refractivity contribution in [2.24, 2.45) is 4.99 Å². The van der Waals surface area contributed by atoms with Gasteiger partial charge in [-0.05, 0) is 35.4 Å². The van der Waals surface area contributed by atoms with Crippen LogP contribution < -0.4 is 15.5 Å². The molecule has 0 bridgehead atoms. The van der Waals surface area contributed by atoms with Crippen molar-refractivity contribution in [3.05, 3.63) is 77.6 Å². The highest BCUT2D eigenvalue weighted by Gasteiger charge is 2.07. The Morgan fingerprint density at radius 2 is 1.68 bits per heavy atom. The summed E-state index contributed by atoms with van der Waals surface area (Å²) < 4.78 is 13.2. The first-order valence-corrected chi connectivity index (χ1v) is 8.42. The molecule has 1 aliphatic heterocycles. The Balaban J connectivity index is 1.49. The van der Waals surface area contributed by atoms with Crippen molar-refractivity contribution in [2.45, 2.75) is 13.1 Å². The first kappa shape index (κ1) is 17.0. The molecule has 0 spiro atoms. The van der Waals surface area contributed by atoms with Crippen LogP contribution in [0.3, 0.4) is 0 Å². The molecule has 0 saturated carbocycles. The molecule has 1 aliphatic rings. The van der Waals surface area contributed by atoms with Crippen LogP contribution >= 0.6 is 0 Å². The minimum absolute atomic E-state index is 0.226. The van der Waals surface area contributed by atoms with Gasteiger partial charge in [0.25, 0.3) is 0 Å². The summed E-state index contributed by atoms with van der Waals surface area (Å²) in [4.78, 5) is 6.52. The Kier molecular flexibility index (Phi) is 5.67. The molecule has 2 N–H and O–H groups in total. The van der Waals surface area contributed by atoms with Gasteiger partial charge >= 0.3 is 0 Å². The third-order valence-corrected chi connectivity index (χ3v) is 4.15. The molecule has 1 heterocycles. The number of guanidine groups is 1. The van der Waals surface area contributed by atoms with E-state index in [9.17, 15) is 4.39 Å². The van der Waals surface area contributed by atoms with Crippen LogP contribution in [0, 0.1) is 5.82 Å². The highest BCUT2D eigenvalue weighted by Crippen LogP contribution is 2.17. The summed E-state index contributed by atoms with van der Waals surface area (Å²) in [5.41, 5.74) is 3.30. The van der Waals surface area contributed by atoms with Crippen LogP contribution in [-0.2, 0) is 13.1 Å². The smallest absolute Gasteiger partial charge is 0.191 e. The lowest BCUT2D eigenvalue weighted by Crippen LogP contribution is -2.36. The summed E-state index contributed by atoms with van der Waals surface area (Å²) in [7, 11) is 1.73. The van der Waals surface area contributed by atoms with Gasteiger partial charge in [0, 0.05) is 38.9 Å². The highest BCUT2D eigenvalue weighted by molar-refractivity contribution is 5.79. The SMILES string of the molecule is CN=C(NCc1ccc(N2CC=CC2)cc1)NCc1cccc(F)c1. The number of hydrogen-bond acceptors (Lipinski definition) is 2. The third-order valence-electron chi connectivity index (χ3n) is 4.15. The maximum atomic E-state index is 13.2. The van der Waals surface area contributed by atoms with Gasteiger partial charge in [-0.1, -0.05) is 36.4 Å². The molecule has 0 aromatic heterocycles. The molecule has 0 saturated heterocycles. The fourth-order valence-corrected chi connectivity index (χ4v) is 2.75. The van der Waals surface area contributed by atoms with Crippen molar-refractivity contribution in [1.29, 1.82) is 0 Å². The van der Waals surface area contributed by atoms with Crippen LogP contribution in [0.4, 0.5) is 10.1 Å². The second-order valence-corrected chi connectivity index (χ2v) is 5.95. The molecule has 130 valence electrons. The molecule has 0 aliphatic carbocycles. The number of halogens is 1. The standard InChI is InChI=1S/C20H23FN4/c1-22-20(24-15-17-5-4-6-18(21)13-17)23-14-16-7-9-19(10-8-16)25-11-2-3-12-25/h2-10,13H,11-12,14-15H2,1H3,(H2,22,23,24). The Morgan fingerprint density at radius 3 is 2.32 bits per heavy atom. The molecule has 4 nitrogen and oxygen atoms in total. The average molecular weight is 338 g/mol. The number of nitrogens with one attached hydrogen (secondary N) is 2. The number of nitrogens with zero attached hydrogens (tertiary/aromatic N) is 2. The predicted octanol–water partition coefficient (Wildman–Crippen LogP) is 3.07. The zero-order valence-corrected chi connectivity index (χ0v) is 14.4. The van der Waals surface area contributed by atoms with E-state index < -0.39 is 0 Å². The van der Waals surface area contributed by atoms with Gasteiger partial charge in [0.05, 0.1) is 0 Å². The second kappa shape index (κ2) is 8.33. The lowest BCUT2D eigenvalue weighted by molar-refractivity contribution is 0.624. The summed E-state index contributed by atoms with van der Waals surface area (Å²) >= 11 is 0. The van der Waals surface area contributed by atoms with Crippen LogP contribution in [0.1, 0.15) is 11.1 Å². The molecule has 0 amide bonds. The predicted molar refractivity (Wildman–Crippen MR) is 101 cm³/mol. The third kappa shape index (κ3) is 4.83. The van der Waals surface area contributed by atoms with E-state index in [1.165, 1.54) is 23.4 Å². The quantitative estimate of drug-likeness (QED) is 0.500. The summed E-state index contributed by atoms with van der Waals surface area (Å²) in [6, 6.07) is 15.1. The fourth-order valence-electron chi connectivity index (χ4n) is 2.75. The molecule has 25 heavy (non-hydrogen) atoms. The Hall–Kier alpha value is -2.82. The van der Waals surface area contributed by atoms with E-state index in [0.717, 1.165) is 18.7 Å². The van der Waals surface area contributed by atoms with E-state index in [4.69, 9.17) is 0 Å². The van der Waals surface area contributed by atoms with Crippen LogP contribution in [0.15, 0.2) is 65.7 Å². The van der Waals surface area contributed by atoms with Crippen LogP contribution in [-0.4, -0.2) is 26.1 Å². The average Bonchev–Trinajstić information content (AvgIpc) is 3.17. The summed E-state index contributed by atoms with van der Waals surface area (Å²) in [6.45, 7) is 3.17. The Bertz CT molecular complexity index is 745. The maximum Gasteiger partial charge on any atom is 0.191 e. The van der Waals surface area contributed by atoms with E-state index in [1.807, 2.05) is 6.07 Å². The van der Waals surface area contributed by atoms with Crippen LogP contribution in [0.25, 0.3) is 0 Å². The van der Waals surface area contributed by atoms with Gasteiger partial charge in [-0.15, -0.1) is 0 Å². The maximum absolute atomic E-state index is 13.2. The molecule has 2 aromatic carbocycles. The molecule has 0 unspecified atom stereocenters. The number of rotatable bonds is 5. The fraction of sp³-hybridized carbons (Fsp3) is 0.250. The van der Waals surface area contributed by atoms with Crippen molar-refractivity contribution >= 4 is 11.6 Å². The zero-order valence-electron chi connectivity index (χ0n) is 14.4. The number of benzene rings is 2. The molecule has 0 fully saturated rings. The molecule has 5 heteroatoms. The van der Waals surface area contributed by atoms with Gasteiger partial charge in [0.15, 0.2) is 5.96 Å². The summed E-state index contributed by atoms with van der Waals surface area (Å²) in [5, 5.41) is 6.47. The largest absolute Gasteiger partial charge is 0.364 e. The lowest BCUT2D eigenvalue weighted by Gasteiger charge is -2.18. The van der Waals surface area contributed by atoms with Gasteiger partial charge < -0.3 is 15.5 Å². The number of aliphatic imine (C=N–C) groups is 1. The van der Waals surface area contributed by atoms with Crippen molar-refractivity contribution in [3.63, 3.8) is 0 Å². The van der Waals surface area contributed by atoms with Crippen molar-refractivity contribution in [2.75, 3.05) is 25.0 Å². The monoisotopic (exact) mass is 338 g/mol. The molecule has 0 atom stereocenters. The van der Waals surface area contributed by atoms with Gasteiger partial charge in [0.1, 0.15) is 5.82 Å². The first-order chi connectivity index (χ1) is 12.2. The molecule has 0 radical (unpaired) electrons. The number of anilines is 1. The minimum atomic E-state index is -0.226. The van der Waals surface area contributed by atoms with E-state index in [1.54, 1.807) is 13.1 Å². The van der Waals surface area contributed by atoms with E-state index >= 15 is 0 Å². The van der Waals surface area contributed by atoms with Gasteiger partial charge in [-0.3, -0.25) is 4.99 Å². The Morgan fingerprint density at radius 1 is 1.00 bits per heavy atom. The zero-order chi connectivity index (χ0) is 17.5. The molecule has 2 aromatic rings. The topological polar surface area (TPSA) is 39.7 Å². The minimum Gasteiger partial charge on any atom is -0.364 e. The summed E-state index contributed by atoms with van der Waals surface area (Å²) in [5.74, 6) is 0.465. The Labute approximate surface area is 148 Å². The van der Waals surface area contributed by atoms with Crippen molar-refractivity contribution in [3.8, 4) is 0 Å². The first-order valence-electron chi connectivity index (χ1n) is 8.42. The normalized spacial score (nSPS) is 14.0. The van der Waals surface area contributed by atoms with Crippen molar-refractivity contribution < 1.29 is 4.39 Å². The van der Waals surface area contributed by atoms with Gasteiger partial charge in [0.2, 0.25) is 0 Å². The number of hydrogen-bond donors (Lipinski definition) is 2. The second-order valence-electron chi connectivity index (χ2n) is 5.95. The van der Waals surface area contributed by atoms with Gasteiger partial charge in [-0.25, -0.2) is 4.39 Å². The van der Waals surface area contributed by atoms with Crippen molar-refractivity contribution in [1.82, 2.24) is 10.6 Å². The highest BCUT2D eigenvalue weighted by atomic mass is 19.1. The van der Waals surface area contributed by atoms with Gasteiger partial charge in [-0.2, -0.15) is 0 Å². The van der Waals surface area contributed by atoms with E-state index in [-0.39, 0.29) is 5.82 Å². The van der Waals surface area contributed by atoms with Crippen LogP contribution in [0.5, 0.6) is 0 Å². The lowest BCUT2D eigenvalue weighted by atomic mass is 10.2. The summed E-state index contributed by atoms with van der Waals surface area (Å²) in [6.07, 6.45) is 4.37.